The number of allylic oxidation sites excluding steroid dienone is 1. The lowest BCUT2D eigenvalue weighted by molar-refractivity contribution is -0.918. The number of ether oxygens (including phenoxy) is 4. The molecular formula is C25H30N2O7. The van der Waals surface area contributed by atoms with Gasteiger partial charge in [0, 0.05) is 36.8 Å². The Hall–Kier alpha value is -3.27. The minimum Gasteiger partial charge on any atom is -0.872 e. The zero-order valence-electron chi connectivity index (χ0n) is 19.7. The van der Waals surface area contributed by atoms with Gasteiger partial charge >= 0.3 is 0 Å². The van der Waals surface area contributed by atoms with Crippen LogP contribution in [0.2, 0.25) is 0 Å². The number of nitrogens with zero attached hydrogens (tertiary/aromatic N) is 1. The largest absolute Gasteiger partial charge is 0.872 e. The highest BCUT2D eigenvalue weighted by Gasteiger charge is 2.32. The second kappa shape index (κ2) is 10.3. The number of hydrogen-bond acceptors (Lipinski definition) is 8. The summed E-state index contributed by atoms with van der Waals surface area (Å²) in [6.45, 7) is 4.68. The molecule has 0 aliphatic carbocycles. The van der Waals surface area contributed by atoms with Gasteiger partial charge in [0.25, 0.3) is 0 Å². The minimum absolute atomic E-state index is 0.120. The molecule has 0 saturated carbocycles. The molecule has 4 rings (SSSR count). The van der Waals surface area contributed by atoms with E-state index in [0.29, 0.717) is 52.8 Å². The summed E-state index contributed by atoms with van der Waals surface area (Å²) >= 11 is 0. The molecule has 2 aliphatic rings. The first kappa shape index (κ1) is 23.9. The maximum Gasteiger partial charge on any atom is 0.231 e. The Morgan fingerprint density at radius 2 is 1.76 bits per heavy atom. The third-order valence-corrected chi connectivity index (χ3v) is 6.33. The van der Waals surface area contributed by atoms with E-state index < -0.39 is 0 Å². The lowest BCUT2D eigenvalue weighted by Crippen LogP contribution is -3.13. The van der Waals surface area contributed by atoms with Crippen molar-refractivity contribution < 1.29 is 38.9 Å². The summed E-state index contributed by atoms with van der Waals surface area (Å²) in [5.74, 6) is 1.53. The standard InChI is InChI=1S/C25H30N2O7/c1-31-20-14-22(33-3)21(32-2)12-16(20)13-23-24(30)17-4-5-19(29)18(25(17)34-23)15-27-8-6-26(7-9-27)10-11-28/h4-5,12-14,28-29H,6-11,15H2,1-3H3/b23-13-. The number of quaternary nitrogens is 1. The van der Waals surface area contributed by atoms with Crippen LogP contribution in [-0.4, -0.2) is 76.4 Å². The number of methoxy groups -OCH3 is 3. The van der Waals surface area contributed by atoms with Gasteiger partial charge in [-0.25, -0.2) is 0 Å². The Labute approximate surface area is 198 Å². The maximum absolute atomic E-state index is 13.1. The highest BCUT2D eigenvalue weighted by atomic mass is 16.5. The van der Waals surface area contributed by atoms with Crippen LogP contribution in [0.1, 0.15) is 21.5 Å². The molecule has 2 aromatic rings. The summed E-state index contributed by atoms with van der Waals surface area (Å²) in [5, 5.41) is 21.9. The number of fused-ring (bicyclic) bond motifs is 1. The van der Waals surface area contributed by atoms with Gasteiger partial charge in [-0.3, -0.25) is 9.69 Å². The molecule has 0 atom stereocenters. The number of β-amino-alcohol motifs (C(OH)–C–C–N with tert-alkyl or cyclic N) is 1. The number of nitrogens with one attached hydrogen (secondary N) is 1. The van der Waals surface area contributed by atoms with E-state index in [9.17, 15) is 9.90 Å². The van der Waals surface area contributed by atoms with Gasteiger partial charge in [0.05, 0.1) is 46.6 Å². The van der Waals surface area contributed by atoms with Crippen molar-refractivity contribution >= 4 is 11.9 Å². The third-order valence-electron chi connectivity index (χ3n) is 6.33. The van der Waals surface area contributed by atoms with Gasteiger partial charge in [0.1, 0.15) is 18.0 Å². The molecule has 0 bridgehead atoms. The summed E-state index contributed by atoms with van der Waals surface area (Å²) < 4.78 is 22.1. The first-order valence-electron chi connectivity index (χ1n) is 11.2. The van der Waals surface area contributed by atoms with Crippen molar-refractivity contribution in [1.29, 1.82) is 0 Å². The van der Waals surface area contributed by atoms with Crippen LogP contribution in [0.15, 0.2) is 30.0 Å². The molecule has 2 aliphatic heterocycles. The maximum atomic E-state index is 13.1. The molecule has 9 nitrogen and oxygen atoms in total. The quantitative estimate of drug-likeness (QED) is 0.524. The second-order valence-corrected chi connectivity index (χ2v) is 8.30. The van der Waals surface area contributed by atoms with Gasteiger partial charge in [0.15, 0.2) is 17.3 Å². The first-order chi connectivity index (χ1) is 16.5. The molecule has 182 valence electrons. The summed E-state index contributed by atoms with van der Waals surface area (Å²) in [5.41, 5.74) is 1.49. The zero-order valence-corrected chi connectivity index (χ0v) is 19.7. The molecule has 0 radical (unpaired) electrons. The van der Waals surface area contributed by atoms with E-state index in [0.717, 1.165) is 26.2 Å². The van der Waals surface area contributed by atoms with E-state index in [2.05, 4.69) is 4.90 Å². The van der Waals surface area contributed by atoms with Crippen molar-refractivity contribution in [1.82, 2.24) is 4.90 Å². The molecular weight excluding hydrogens is 440 g/mol. The van der Waals surface area contributed by atoms with E-state index in [-0.39, 0.29) is 23.9 Å². The van der Waals surface area contributed by atoms with Crippen molar-refractivity contribution in [3.63, 3.8) is 0 Å². The van der Waals surface area contributed by atoms with E-state index in [1.54, 1.807) is 18.2 Å². The highest BCUT2D eigenvalue weighted by molar-refractivity contribution is 6.15. The van der Waals surface area contributed by atoms with Crippen LogP contribution in [-0.2, 0) is 6.54 Å². The molecule has 0 aromatic heterocycles. The Bertz CT molecular complexity index is 1090. The molecule has 0 spiro atoms. The topological polar surface area (TPSA) is 105 Å². The van der Waals surface area contributed by atoms with Crippen molar-refractivity contribution in [2.75, 3.05) is 60.7 Å². The fourth-order valence-electron chi connectivity index (χ4n) is 4.42. The minimum atomic E-state index is -0.282. The van der Waals surface area contributed by atoms with Gasteiger partial charge in [-0.15, -0.1) is 0 Å². The van der Waals surface area contributed by atoms with Crippen LogP contribution < -0.4 is 29.0 Å². The Balaban J connectivity index is 1.61. The van der Waals surface area contributed by atoms with Crippen LogP contribution in [0.4, 0.5) is 0 Å². The number of hydrogen-bond donors (Lipinski definition) is 2. The molecule has 2 N–H and O–H groups in total. The smallest absolute Gasteiger partial charge is 0.231 e. The van der Waals surface area contributed by atoms with Gasteiger partial charge in [-0.2, -0.15) is 0 Å². The van der Waals surface area contributed by atoms with E-state index in [4.69, 9.17) is 24.1 Å². The summed E-state index contributed by atoms with van der Waals surface area (Å²) in [6.07, 6.45) is 1.60. The van der Waals surface area contributed by atoms with Crippen molar-refractivity contribution in [2.45, 2.75) is 6.54 Å². The first-order valence-corrected chi connectivity index (χ1v) is 11.2. The number of ketones is 1. The normalized spacial score (nSPS) is 17.5. The van der Waals surface area contributed by atoms with Crippen LogP contribution in [0.25, 0.3) is 6.08 Å². The molecule has 1 fully saturated rings. The predicted molar refractivity (Wildman–Crippen MR) is 123 cm³/mol. The average Bonchev–Trinajstić information content (AvgIpc) is 3.17. The predicted octanol–water partition coefficient (Wildman–Crippen LogP) is 0.0950. The number of aliphatic hydroxyl groups is 1. The van der Waals surface area contributed by atoms with Gasteiger partial charge in [-0.1, -0.05) is 11.8 Å². The lowest BCUT2D eigenvalue weighted by Gasteiger charge is -2.32. The summed E-state index contributed by atoms with van der Waals surface area (Å²) in [7, 11) is 4.59. The van der Waals surface area contributed by atoms with Crippen molar-refractivity contribution in [3.8, 4) is 28.7 Å². The van der Waals surface area contributed by atoms with Crippen LogP contribution in [0.3, 0.4) is 0 Å². The fraction of sp³-hybridized carbons (Fsp3) is 0.400. The van der Waals surface area contributed by atoms with Crippen molar-refractivity contribution in [2.24, 2.45) is 0 Å². The van der Waals surface area contributed by atoms with E-state index >= 15 is 0 Å². The summed E-state index contributed by atoms with van der Waals surface area (Å²) in [6, 6.07) is 6.36. The molecule has 9 heteroatoms. The number of Topliss-reactive ketones (excluding diaryl/α,β-unsaturated/α-hetero) is 1. The lowest BCUT2D eigenvalue weighted by atomic mass is 10.0. The summed E-state index contributed by atoms with van der Waals surface area (Å²) in [4.78, 5) is 16.6. The number of carbonyl (C=O) groups is 1. The van der Waals surface area contributed by atoms with Crippen LogP contribution in [0, 0.1) is 0 Å². The molecule has 2 aromatic carbocycles. The van der Waals surface area contributed by atoms with Gasteiger partial charge in [-0.05, 0) is 18.2 Å². The zero-order chi connectivity index (χ0) is 24.2. The third kappa shape index (κ3) is 4.68. The number of piperazine rings is 1. The van der Waals surface area contributed by atoms with Crippen molar-refractivity contribution in [3.05, 3.63) is 46.7 Å². The molecule has 34 heavy (non-hydrogen) atoms. The average molecular weight is 471 g/mol. The molecule has 1 saturated heterocycles. The Morgan fingerprint density at radius 1 is 1.09 bits per heavy atom. The van der Waals surface area contributed by atoms with E-state index in [1.807, 2.05) is 0 Å². The molecule has 0 unspecified atom stereocenters. The Kier molecular flexibility index (Phi) is 7.26. The molecule has 0 amide bonds. The number of aliphatic hydroxyl groups excluding tert-OH is 1. The number of benzene rings is 2. The van der Waals surface area contributed by atoms with E-state index in [1.165, 1.54) is 38.4 Å². The second-order valence-electron chi connectivity index (χ2n) is 8.30. The number of rotatable bonds is 8. The number of carbonyl (C=O) groups excluding carboxylic acids is 1. The Morgan fingerprint density at radius 3 is 2.41 bits per heavy atom. The van der Waals surface area contributed by atoms with Gasteiger partial charge < -0.3 is 34.1 Å². The highest BCUT2D eigenvalue weighted by Crippen LogP contribution is 2.40. The monoisotopic (exact) mass is 470 g/mol. The van der Waals surface area contributed by atoms with Crippen LogP contribution >= 0.6 is 0 Å². The van der Waals surface area contributed by atoms with Crippen LogP contribution in [0.5, 0.6) is 28.7 Å². The SMILES string of the molecule is COc1cc(OC)c(OC)cc1/C=C1\Oc2c(ccc([O-])c2C[NH+]2CCN(CCO)CC2)C1=O. The van der Waals surface area contributed by atoms with Gasteiger partial charge in [0.2, 0.25) is 5.78 Å². The fourth-order valence-corrected chi connectivity index (χ4v) is 4.42. The molecule has 2 heterocycles.